The number of hydrazone groups is 1. The molecule has 0 aliphatic heterocycles. The van der Waals surface area contributed by atoms with Gasteiger partial charge in [0.1, 0.15) is 0 Å². The lowest BCUT2D eigenvalue weighted by molar-refractivity contribution is -0.119. The SMILES string of the molecule is CC(=NNC(=O)CNc1ccccc1C)c1cccc(Br)c1. The van der Waals surface area contributed by atoms with Crippen LogP contribution in [-0.2, 0) is 4.79 Å². The van der Waals surface area contributed by atoms with Gasteiger partial charge in [-0.05, 0) is 43.2 Å². The summed E-state index contributed by atoms with van der Waals surface area (Å²) in [5.74, 6) is -0.183. The van der Waals surface area contributed by atoms with Gasteiger partial charge in [0.25, 0.3) is 5.91 Å². The molecule has 0 bridgehead atoms. The van der Waals surface area contributed by atoms with Gasteiger partial charge in [-0.2, -0.15) is 5.10 Å². The molecule has 5 heteroatoms. The van der Waals surface area contributed by atoms with Gasteiger partial charge in [-0.25, -0.2) is 5.43 Å². The standard InChI is InChI=1S/C17H18BrN3O/c1-12-6-3-4-9-16(12)19-11-17(22)21-20-13(2)14-7-5-8-15(18)10-14/h3-10,19H,11H2,1-2H3,(H,21,22). The van der Waals surface area contributed by atoms with Crippen LogP contribution in [0.3, 0.4) is 0 Å². The van der Waals surface area contributed by atoms with Gasteiger partial charge in [0.2, 0.25) is 0 Å². The maximum atomic E-state index is 11.8. The number of benzene rings is 2. The lowest BCUT2D eigenvalue weighted by Gasteiger charge is -2.08. The number of amides is 1. The minimum atomic E-state index is -0.183. The zero-order chi connectivity index (χ0) is 15.9. The third-order valence-corrected chi connectivity index (χ3v) is 3.67. The number of carbonyl (C=O) groups excluding carboxylic acids is 1. The predicted molar refractivity (Wildman–Crippen MR) is 94.2 cm³/mol. The van der Waals surface area contributed by atoms with E-state index in [1.54, 1.807) is 0 Å². The van der Waals surface area contributed by atoms with Crippen LogP contribution in [0.25, 0.3) is 0 Å². The number of nitrogens with zero attached hydrogens (tertiary/aromatic N) is 1. The second-order valence-electron chi connectivity index (χ2n) is 4.91. The Kier molecular flexibility index (Phi) is 5.72. The van der Waals surface area contributed by atoms with Crippen LogP contribution in [0.5, 0.6) is 0 Å². The van der Waals surface area contributed by atoms with Crippen molar-refractivity contribution in [2.45, 2.75) is 13.8 Å². The van der Waals surface area contributed by atoms with Crippen LogP contribution in [-0.4, -0.2) is 18.2 Å². The molecule has 0 fully saturated rings. The van der Waals surface area contributed by atoms with Crippen molar-refractivity contribution in [3.05, 3.63) is 64.1 Å². The summed E-state index contributed by atoms with van der Waals surface area (Å²) in [6.45, 7) is 4.03. The van der Waals surface area contributed by atoms with E-state index in [4.69, 9.17) is 0 Å². The Bertz CT molecular complexity index is 698. The molecule has 2 aromatic rings. The summed E-state index contributed by atoms with van der Waals surface area (Å²) in [7, 11) is 0. The normalized spacial score (nSPS) is 11.1. The van der Waals surface area contributed by atoms with E-state index in [1.807, 2.05) is 62.4 Å². The third-order valence-electron chi connectivity index (χ3n) is 3.18. The fourth-order valence-electron chi connectivity index (χ4n) is 1.91. The van der Waals surface area contributed by atoms with E-state index < -0.39 is 0 Å². The Balaban J connectivity index is 1.90. The average molecular weight is 360 g/mol. The van der Waals surface area contributed by atoms with Gasteiger partial charge >= 0.3 is 0 Å². The lowest BCUT2D eigenvalue weighted by atomic mass is 10.1. The zero-order valence-corrected chi connectivity index (χ0v) is 14.1. The third kappa shape index (κ3) is 4.70. The second-order valence-corrected chi connectivity index (χ2v) is 5.83. The molecule has 2 N–H and O–H groups in total. The Morgan fingerprint density at radius 3 is 2.68 bits per heavy atom. The van der Waals surface area contributed by atoms with Crippen LogP contribution >= 0.6 is 15.9 Å². The molecule has 2 rings (SSSR count). The summed E-state index contributed by atoms with van der Waals surface area (Å²) < 4.78 is 0.979. The number of hydrogen-bond donors (Lipinski definition) is 2. The summed E-state index contributed by atoms with van der Waals surface area (Å²) in [4.78, 5) is 11.8. The highest BCUT2D eigenvalue weighted by Gasteiger charge is 2.03. The summed E-state index contributed by atoms with van der Waals surface area (Å²) in [5, 5.41) is 7.22. The van der Waals surface area contributed by atoms with Crippen molar-refractivity contribution in [3.63, 3.8) is 0 Å². The first-order valence-corrected chi connectivity index (χ1v) is 7.74. The Labute approximate surface area is 138 Å². The highest BCUT2D eigenvalue weighted by molar-refractivity contribution is 9.10. The topological polar surface area (TPSA) is 53.5 Å². The van der Waals surface area contributed by atoms with Crippen LogP contribution < -0.4 is 10.7 Å². The summed E-state index contributed by atoms with van der Waals surface area (Å²) in [5.41, 5.74) is 6.33. The van der Waals surface area contributed by atoms with Gasteiger partial charge in [0, 0.05) is 10.2 Å². The average Bonchev–Trinajstić information content (AvgIpc) is 2.52. The Morgan fingerprint density at radius 2 is 1.95 bits per heavy atom. The van der Waals surface area contributed by atoms with E-state index in [1.165, 1.54) is 0 Å². The Hall–Kier alpha value is -2.14. The summed E-state index contributed by atoms with van der Waals surface area (Å²) in [6.07, 6.45) is 0. The van der Waals surface area contributed by atoms with Crippen LogP contribution in [0.1, 0.15) is 18.1 Å². The molecule has 0 heterocycles. The lowest BCUT2D eigenvalue weighted by Crippen LogP contribution is -2.27. The quantitative estimate of drug-likeness (QED) is 0.631. The molecular formula is C17H18BrN3O. The molecule has 0 radical (unpaired) electrons. The molecule has 0 saturated carbocycles. The van der Waals surface area contributed by atoms with Crippen LogP contribution in [0, 0.1) is 6.92 Å². The molecule has 0 atom stereocenters. The molecular weight excluding hydrogens is 342 g/mol. The number of para-hydroxylation sites is 1. The second kappa shape index (κ2) is 7.75. The number of anilines is 1. The molecule has 2 aromatic carbocycles. The largest absolute Gasteiger partial charge is 0.376 e. The van der Waals surface area contributed by atoms with Crippen molar-refractivity contribution in [2.75, 3.05) is 11.9 Å². The van der Waals surface area contributed by atoms with Crippen molar-refractivity contribution >= 4 is 33.2 Å². The highest BCUT2D eigenvalue weighted by atomic mass is 79.9. The number of carbonyl (C=O) groups is 1. The Morgan fingerprint density at radius 1 is 1.18 bits per heavy atom. The van der Waals surface area contributed by atoms with Crippen LogP contribution in [0.4, 0.5) is 5.69 Å². The van der Waals surface area contributed by atoms with Crippen LogP contribution in [0.15, 0.2) is 58.1 Å². The van der Waals surface area contributed by atoms with Crippen molar-refractivity contribution < 1.29 is 4.79 Å². The van der Waals surface area contributed by atoms with Gasteiger partial charge in [0.15, 0.2) is 0 Å². The van der Waals surface area contributed by atoms with E-state index in [2.05, 4.69) is 31.8 Å². The number of halogens is 1. The van der Waals surface area contributed by atoms with Crippen molar-refractivity contribution in [1.82, 2.24) is 5.43 Å². The van der Waals surface area contributed by atoms with E-state index in [0.717, 1.165) is 27.0 Å². The summed E-state index contributed by atoms with van der Waals surface area (Å²) >= 11 is 3.42. The molecule has 0 aliphatic carbocycles. The maximum absolute atomic E-state index is 11.8. The van der Waals surface area contributed by atoms with Crippen molar-refractivity contribution in [2.24, 2.45) is 5.10 Å². The van der Waals surface area contributed by atoms with E-state index in [0.29, 0.717) is 0 Å². The van der Waals surface area contributed by atoms with E-state index in [-0.39, 0.29) is 12.5 Å². The number of hydrogen-bond acceptors (Lipinski definition) is 3. The fourth-order valence-corrected chi connectivity index (χ4v) is 2.31. The molecule has 4 nitrogen and oxygen atoms in total. The molecule has 0 spiro atoms. The monoisotopic (exact) mass is 359 g/mol. The first-order chi connectivity index (χ1) is 10.6. The van der Waals surface area contributed by atoms with Gasteiger partial charge in [-0.3, -0.25) is 4.79 Å². The zero-order valence-electron chi connectivity index (χ0n) is 12.6. The molecule has 114 valence electrons. The first kappa shape index (κ1) is 16.2. The highest BCUT2D eigenvalue weighted by Crippen LogP contribution is 2.13. The van der Waals surface area contributed by atoms with Crippen LogP contribution in [0.2, 0.25) is 0 Å². The van der Waals surface area contributed by atoms with E-state index in [9.17, 15) is 4.79 Å². The van der Waals surface area contributed by atoms with Gasteiger partial charge in [0.05, 0.1) is 12.3 Å². The smallest absolute Gasteiger partial charge is 0.259 e. The number of nitrogens with one attached hydrogen (secondary N) is 2. The molecule has 1 amide bonds. The van der Waals surface area contributed by atoms with Crippen molar-refractivity contribution in [1.29, 1.82) is 0 Å². The first-order valence-electron chi connectivity index (χ1n) is 6.95. The minimum Gasteiger partial charge on any atom is -0.376 e. The molecule has 0 aromatic heterocycles. The van der Waals surface area contributed by atoms with E-state index >= 15 is 0 Å². The van der Waals surface area contributed by atoms with Crippen molar-refractivity contribution in [3.8, 4) is 0 Å². The molecule has 0 unspecified atom stereocenters. The fraction of sp³-hybridized carbons (Fsp3) is 0.176. The minimum absolute atomic E-state index is 0.181. The van der Waals surface area contributed by atoms with Gasteiger partial charge < -0.3 is 5.32 Å². The number of rotatable bonds is 5. The summed E-state index contributed by atoms with van der Waals surface area (Å²) in [6, 6.07) is 15.6. The molecule has 0 aliphatic rings. The molecule has 0 saturated heterocycles. The maximum Gasteiger partial charge on any atom is 0.259 e. The predicted octanol–water partition coefficient (Wildman–Crippen LogP) is 3.71. The molecule has 22 heavy (non-hydrogen) atoms. The van der Waals surface area contributed by atoms with Gasteiger partial charge in [-0.15, -0.1) is 0 Å². The number of aryl methyl sites for hydroxylation is 1. The van der Waals surface area contributed by atoms with Gasteiger partial charge in [-0.1, -0.05) is 46.3 Å².